The van der Waals surface area contributed by atoms with Crippen molar-refractivity contribution in [2.75, 3.05) is 45.2 Å². The smallest absolute Gasteiger partial charge is 0.344 e. The Labute approximate surface area is 193 Å². The first-order chi connectivity index (χ1) is 15.4. The number of fused-ring (bicyclic) bond motifs is 1. The van der Waals surface area contributed by atoms with E-state index in [0.29, 0.717) is 22.6 Å². The molecule has 4 N–H and O–H groups in total. The topological polar surface area (TPSA) is 96.7 Å². The molecule has 2 atom stereocenters. The van der Waals surface area contributed by atoms with Gasteiger partial charge in [-0.3, -0.25) is 4.90 Å². The summed E-state index contributed by atoms with van der Waals surface area (Å²) in [7, 11) is 3.87. The second kappa shape index (κ2) is 9.26. The van der Waals surface area contributed by atoms with Gasteiger partial charge in [-0.25, -0.2) is 4.79 Å². The molecule has 32 heavy (non-hydrogen) atoms. The molecule has 0 bridgehead atoms. The van der Waals surface area contributed by atoms with Crippen molar-refractivity contribution < 1.29 is 4.79 Å². The van der Waals surface area contributed by atoms with E-state index >= 15 is 0 Å². The Kier molecular flexibility index (Phi) is 6.43. The molecule has 0 saturated carbocycles. The van der Waals surface area contributed by atoms with Crippen LogP contribution in [-0.4, -0.2) is 65.9 Å². The molecule has 9 heteroatoms. The van der Waals surface area contributed by atoms with Crippen LogP contribution in [-0.2, 0) is 6.54 Å². The van der Waals surface area contributed by atoms with E-state index in [1.54, 1.807) is 24.5 Å². The largest absolute Gasteiger partial charge is 0.405 e. The molecule has 2 aliphatic heterocycles. The number of hydrogen-bond acceptors (Lipinski definition) is 6. The quantitative estimate of drug-likeness (QED) is 0.672. The average molecular weight is 456 g/mol. The Morgan fingerprint density at radius 1 is 1.25 bits per heavy atom. The number of allylic oxidation sites excluding steroid dienone is 2. The van der Waals surface area contributed by atoms with Gasteiger partial charge in [0.2, 0.25) is 0 Å². The number of likely N-dealkylation sites (tertiary alicyclic amines) is 2. The standard InChI is InChI=1S/C23H30ClN7O/c1-28(2)20-9-27-31(15-20)23(32)30-13-18-11-29(12-19(18)14-30)10-17-6-5-16(8-21(17)24)22(26)4-3-7-25/h3-9,15,18-19H,10-14,25-26H2,1-2H3/b7-3-,22-4-. The summed E-state index contributed by atoms with van der Waals surface area (Å²) in [5.74, 6) is 0.949. The van der Waals surface area contributed by atoms with E-state index < -0.39 is 0 Å². The summed E-state index contributed by atoms with van der Waals surface area (Å²) in [5, 5.41) is 4.94. The number of halogens is 1. The van der Waals surface area contributed by atoms with Gasteiger partial charge in [0.25, 0.3) is 0 Å². The third-order valence-corrected chi connectivity index (χ3v) is 6.63. The van der Waals surface area contributed by atoms with Crippen molar-refractivity contribution in [2.24, 2.45) is 23.3 Å². The molecule has 1 aromatic heterocycles. The minimum atomic E-state index is -0.0483. The van der Waals surface area contributed by atoms with Gasteiger partial charge in [0, 0.05) is 57.5 Å². The van der Waals surface area contributed by atoms with Crippen molar-refractivity contribution in [1.82, 2.24) is 19.6 Å². The molecule has 0 spiro atoms. The first-order valence-electron chi connectivity index (χ1n) is 10.7. The van der Waals surface area contributed by atoms with E-state index in [2.05, 4.69) is 10.00 Å². The number of carbonyl (C=O) groups excluding carboxylic acids is 1. The third-order valence-electron chi connectivity index (χ3n) is 6.28. The van der Waals surface area contributed by atoms with Gasteiger partial charge in [0.15, 0.2) is 0 Å². The van der Waals surface area contributed by atoms with Crippen molar-refractivity contribution in [3.63, 3.8) is 0 Å². The van der Waals surface area contributed by atoms with Crippen LogP contribution < -0.4 is 16.4 Å². The van der Waals surface area contributed by atoms with Crippen LogP contribution in [0.4, 0.5) is 10.5 Å². The van der Waals surface area contributed by atoms with Gasteiger partial charge in [0.05, 0.1) is 18.1 Å². The molecule has 2 saturated heterocycles. The number of hydrogen-bond donors (Lipinski definition) is 2. The van der Waals surface area contributed by atoms with Crippen molar-refractivity contribution in [3.05, 3.63) is 65.1 Å². The summed E-state index contributed by atoms with van der Waals surface area (Å²) in [5.41, 5.74) is 14.9. The summed E-state index contributed by atoms with van der Waals surface area (Å²) >= 11 is 6.55. The molecule has 2 unspecified atom stereocenters. The van der Waals surface area contributed by atoms with E-state index in [-0.39, 0.29) is 6.03 Å². The average Bonchev–Trinajstić information content (AvgIpc) is 3.48. The van der Waals surface area contributed by atoms with Crippen molar-refractivity contribution in [3.8, 4) is 0 Å². The predicted molar refractivity (Wildman–Crippen MR) is 128 cm³/mol. The second-order valence-corrected chi connectivity index (χ2v) is 9.16. The van der Waals surface area contributed by atoms with E-state index in [9.17, 15) is 4.79 Å². The minimum absolute atomic E-state index is 0.0483. The number of amides is 1. The van der Waals surface area contributed by atoms with E-state index in [1.807, 2.05) is 42.1 Å². The normalized spacial score (nSPS) is 21.5. The van der Waals surface area contributed by atoms with Crippen LogP contribution in [0.5, 0.6) is 0 Å². The van der Waals surface area contributed by atoms with Crippen LogP contribution in [0.1, 0.15) is 11.1 Å². The van der Waals surface area contributed by atoms with Crippen LogP contribution >= 0.6 is 11.6 Å². The Bertz CT molecular complexity index is 1030. The number of nitrogens with zero attached hydrogens (tertiary/aromatic N) is 5. The Morgan fingerprint density at radius 2 is 1.97 bits per heavy atom. The lowest BCUT2D eigenvalue weighted by atomic mass is 10.0. The van der Waals surface area contributed by atoms with Gasteiger partial charge in [0.1, 0.15) is 0 Å². The van der Waals surface area contributed by atoms with Gasteiger partial charge in [-0.2, -0.15) is 9.78 Å². The molecule has 2 aliphatic rings. The monoisotopic (exact) mass is 455 g/mol. The molecule has 8 nitrogen and oxygen atoms in total. The highest BCUT2D eigenvalue weighted by molar-refractivity contribution is 6.31. The predicted octanol–water partition coefficient (Wildman–Crippen LogP) is 2.41. The van der Waals surface area contributed by atoms with Crippen molar-refractivity contribution >= 4 is 29.0 Å². The zero-order valence-electron chi connectivity index (χ0n) is 18.5. The lowest BCUT2D eigenvalue weighted by molar-refractivity contribution is 0.197. The third kappa shape index (κ3) is 4.61. The van der Waals surface area contributed by atoms with Crippen LogP contribution in [0.15, 0.2) is 48.9 Å². The van der Waals surface area contributed by atoms with Gasteiger partial charge >= 0.3 is 6.03 Å². The number of anilines is 1. The number of nitrogens with two attached hydrogens (primary N) is 2. The molecule has 0 radical (unpaired) electrons. The number of carbonyl (C=O) groups is 1. The number of aromatic nitrogens is 2. The van der Waals surface area contributed by atoms with Crippen LogP contribution in [0, 0.1) is 11.8 Å². The molecular formula is C23H30ClN7O. The molecule has 1 aromatic carbocycles. The van der Waals surface area contributed by atoms with E-state index in [0.717, 1.165) is 49.5 Å². The first-order valence-corrected chi connectivity index (χ1v) is 11.1. The maximum Gasteiger partial charge on any atom is 0.344 e. The Hall–Kier alpha value is -2.97. The molecule has 3 heterocycles. The molecule has 0 aliphatic carbocycles. The summed E-state index contributed by atoms with van der Waals surface area (Å²) < 4.78 is 1.44. The number of rotatable bonds is 5. The van der Waals surface area contributed by atoms with Crippen molar-refractivity contribution in [2.45, 2.75) is 6.54 Å². The van der Waals surface area contributed by atoms with Gasteiger partial charge < -0.3 is 21.3 Å². The summed E-state index contributed by atoms with van der Waals surface area (Å²) in [6.45, 7) is 4.23. The Morgan fingerprint density at radius 3 is 2.56 bits per heavy atom. The lowest BCUT2D eigenvalue weighted by Crippen LogP contribution is -2.36. The fourth-order valence-electron chi connectivity index (χ4n) is 4.52. The number of benzene rings is 1. The summed E-state index contributed by atoms with van der Waals surface area (Å²) in [4.78, 5) is 19.1. The van der Waals surface area contributed by atoms with Gasteiger partial charge in [-0.05, 0) is 47.4 Å². The maximum atomic E-state index is 12.8. The molecule has 2 aromatic rings. The molecular weight excluding hydrogens is 426 g/mol. The first kappa shape index (κ1) is 22.2. The fourth-order valence-corrected chi connectivity index (χ4v) is 4.76. The maximum absolute atomic E-state index is 12.8. The van der Waals surface area contributed by atoms with Crippen LogP contribution in [0.25, 0.3) is 5.70 Å². The zero-order valence-corrected chi connectivity index (χ0v) is 19.2. The van der Waals surface area contributed by atoms with Gasteiger partial charge in [-0.1, -0.05) is 23.7 Å². The molecule has 2 fully saturated rings. The Balaban J connectivity index is 1.34. The van der Waals surface area contributed by atoms with Crippen LogP contribution in [0.3, 0.4) is 0 Å². The van der Waals surface area contributed by atoms with E-state index in [4.69, 9.17) is 23.1 Å². The summed E-state index contributed by atoms with van der Waals surface area (Å²) in [6, 6.07) is 5.87. The molecule has 1 amide bonds. The lowest BCUT2D eigenvalue weighted by Gasteiger charge is -2.22. The van der Waals surface area contributed by atoms with E-state index in [1.165, 1.54) is 10.9 Å². The fraction of sp³-hybridized carbons (Fsp3) is 0.391. The van der Waals surface area contributed by atoms with Crippen LogP contribution in [0.2, 0.25) is 5.02 Å². The second-order valence-electron chi connectivity index (χ2n) is 8.75. The van der Waals surface area contributed by atoms with Gasteiger partial charge in [-0.15, -0.1) is 0 Å². The van der Waals surface area contributed by atoms with Crippen molar-refractivity contribution in [1.29, 1.82) is 0 Å². The SMILES string of the molecule is CN(C)c1cnn(C(=O)N2CC3CN(Cc4ccc(/C(N)=C/C=C\N)cc4Cl)CC3C2)c1. The highest BCUT2D eigenvalue weighted by Crippen LogP contribution is 2.33. The molecule has 170 valence electrons. The minimum Gasteiger partial charge on any atom is -0.405 e. The highest BCUT2D eigenvalue weighted by Gasteiger charge is 2.42. The summed E-state index contributed by atoms with van der Waals surface area (Å²) in [6.07, 6.45) is 8.39. The zero-order chi connectivity index (χ0) is 22.8. The highest BCUT2D eigenvalue weighted by atomic mass is 35.5. The molecule has 4 rings (SSSR count).